The van der Waals surface area contributed by atoms with Crippen molar-refractivity contribution >= 4 is 11.3 Å². The lowest BCUT2D eigenvalue weighted by molar-refractivity contribution is 1.33. The molecule has 0 fully saturated rings. The summed E-state index contributed by atoms with van der Waals surface area (Å²) in [5.41, 5.74) is 4.66. The largest absolute Gasteiger partial charge is 0.256 e. The lowest BCUT2D eigenvalue weighted by Gasteiger charge is -2.03. The fourth-order valence-electron chi connectivity index (χ4n) is 1.81. The first-order valence-electron chi connectivity index (χ1n) is 5.47. The minimum atomic E-state index is 1.03. The number of benzene rings is 1. The van der Waals surface area contributed by atoms with Gasteiger partial charge in [0.2, 0.25) is 0 Å². The van der Waals surface area contributed by atoms with Crippen LogP contribution in [-0.4, -0.2) is 4.98 Å². The summed E-state index contributed by atoms with van der Waals surface area (Å²) in [5, 5.41) is 4.20. The minimum Gasteiger partial charge on any atom is -0.256 e. The second-order valence-electron chi connectivity index (χ2n) is 3.81. The maximum atomic E-state index is 4.41. The molecule has 0 N–H and O–H groups in total. The van der Waals surface area contributed by atoms with E-state index in [9.17, 15) is 0 Å². The Balaban J connectivity index is 2.06. The van der Waals surface area contributed by atoms with Crippen LogP contribution in [0, 0.1) is 0 Å². The zero-order chi connectivity index (χ0) is 11.5. The normalized spacial score (nSPS) is 10.4. The highest BCUT2D eigenvalue weighted by molar-refractivity contribution is 7.08. The van der Waals surface area contributed by atoms with Crippen LogP contribution in [0.15, 0.2) is 65.5 Å². The maximum Gasteiger partial charge on any atom is 0.0716 e. The third-order valence-electron chi connectivity index (χ3n) is 2.68. The Labute approximate surface area is 104 Å². The van der Waals surface area contributed by atoms with Crippen molar-refractivity contribution in [1.82, 2.24) is 4.98 Å². The molecule has 0 aliphatic carbocycles. The van der Waals surface area contributed by atoms with Gasteiger partial charge in [0.15, 0.2) is 0 Å². The van der Waals surface area contributed by atoms with Gasteiger partial charge in [0.05, 0.1) is 5.69 Å². The summed E-state index contributed by atoms with van der Waals surface area (Å²) in [6.07, 6.45) is 1.87. The number of thiophene rings is 1. The van der Waals surface area contributed by atoms with Crippen LogP contribution in [0.25, 0.3) is 22.4 Å². The van der Waals surface area contributed by atoms with Crippen molar-refractivity contribution in [3.05, 3.63) is 65.5 Å². The molecule has 82 valence electrons. The van der Waals surface area contributed by atoms with Crippen LogP contribution in [0.4, 0.5) is 0 Å². The average Bonchev–Trinajstić information content (AvgIpc) is 2.94. The third kappa shape index (κ3) is 2.12. The fourth-order valence-corrected chi connectivity index (χ4v) is 2.46. The molecule has 1 nitrogen and oxygen atoms in total. The molecule has 0 unspecified atom stereocenters. The first-order valence-corrected chi connectivity index (χ1v) is 6.42. The fraction of sp³-hybridized carbons (Fsp3) is 0. The lowest BCUT2D eigenvalue weighted by atomic mass is 10.1. The maximum absolute atomic E-state index is 4.41. The van der Waals surface area contributed by atoms with Gasteiger partial charge in [-0.3, -0.25) is 4.98 Å². The van der Waals surface area contributed by atoms with Crippen LogP contribution in [0.1, 0.15) is 0 Å². The Hall–Kier alpha value is -1.93. The number of nitrogens with zero attached hydrogens (tertiary/aromatic N) is 1. The molecule has 0 saturated heterocycles. The predicted molar refractivity (Wildman–Crippen MR) is 73.0 cm³/mol. The molecular formula is C15H11NS. The number of pyridine rings is 1. The molecule has 1 aromatic carbocycles. The van der Waals surface area contributed by atoms with Gasteiger partial charge in [-0.2, -0.15) is 11.3 Å². The summed E-state index contributed by atoms with van der Waals surface area (Å²) in [6, 6.07) is 16.7. The molecule has 0 radical (unpaired) electrons. The zero-order valence-electron chi connectivity index (χ0n) is 9.21. The molecule has 0 saturated carbocycles. The number of hydrogen-bond acceptors (Lipinski definition) is 2. The Bertz CT molecular complexity index is 600. The van der Waals surface area contributed by atoms with E-state index in [1.54, 1.807) is 11.3 Å². The predicted octanol–water partition coefficient (Wildman–Crippen LogP) is 4.48. The van der Waals surface area contributed by atoms with Crippen molar-refractivity contribution in [1.29, 1.82) is 0 Å². The summed E-state index contributed by atoms with van der Waals surface area (Å²) in [6.45, 7) is 0. The smallest absolute Gasteiger partial charge is 0.0716 e. The van der Waals surface area contributed by atoms with Gasteiger partial charge >= 0.3 is 0 Å². The molecule has 0 atom stereocenters. The van der Waals surface area contributed by atoms with E-state index in [1.807, 2.05) is 18.3 Å². The van der Waals surface area contributed by atoms with Crippen molar-refractivity contribution < 1.29 is 0 Å². The Morgan fingerprint density at radius 3 is 2.47 bits per heavy atom. The quantitative estimate of drug-likeness (QED) is 0.640. The molecule has 2 aromatic heterocycles. The molecule has 2 heteroatoms. The van der Waals surface area contributed by atoms with Crippen molar-refractivity contribution in [2.24, 2.45) is 0 Å². The van der Waals surface area contributed by atoms with Crippen LogP contribution in [0.5, 0.6) is 0 Å². The van der Waals surface area contributed by atoms with Gasteiger partial charge in [-0.15, -0.1) is 0 Å². The highest BCUT2D eigenvalue weighted by Gasteiger charge is 2.02. The summed E-state index contributed by atoms with van der Waals surface area (Å²) in [7, 11) is 0. The third-order valence-corrected chi connectivity index (χ3v) is 3.37. The molecule has 0 aliphatic rings. The molecule has 2 heterocycles. The first-order chi connectivity index (χ1) is 8.43. The van der Waals surface area contributed by atoms with Crippen LogP contribution in [0.2, 0.25) is 0 Å². The highest BCUT2D eigenvalue weighted by atomic mass is 32.1. The van der Waals surface area contributed by atoms with Crippen LogP contribution >= 0.6 is 11.3 Å². The topological polar surface area (TPSA) is 12.9 Å². The summed E-state index contributed by atoms with van der Waals surface area (Å²) >= 11 is 1.70. The molecule has 0 spiro atoms. The second-order valence-corrected chi connectivity index (χ2v) is 4.59. The van der Waals surface area contributed by atoms with E-state index in [4.69, 9.17) is 0 Å². The number of rotatable bonds is 2. The summed E-state index contributed by atoms with van der Waals surface area (Å²) < 4.78 is 0. The highest BCUT2D eigenvalue weighted by Crippen LogP contribution is 2.25. The van der Waals surface area contributed by atoms with Crippen molar-refractivity contribution in [3.63, 3.8) is 0 Å². The van der Waals surface area contributed by atoms with E-state index in [0.717, 1.165) is 5.69 Å². The van der Waals surface area contributed by atoms with Gasteiger partial charge in [0.25, 0.3) is 0 Å². The van der Waals surface area contributed by atoms with Crippen LogP contribution < -0.4 is 0 Å². The zero-order valence-corrected chi connectivity index (χ0v) is 10.0. The molecule has 0 bridgehead atoms. The van der Waals surface area contributed by atoms with E-state index < -0.39 is 0 Å². The molecule has 0 aliphatic heterocycles. The van der Waals surface area contributed by atoms with Gasteiger partial charge in [-0.05, 0) is 34.7 Å². The monoisotopic (exact) mass is 237 g/mol. The molecule has 3 rings (SSSR count). The standard InChI is InChI=1S/C15H11NS/c1-2-4-12(5-3-1)13-6-8-16-15(10-13)14-7-9-17-11-14/h1-11H. The number of aromatic nitrogens is 1. The van der Waals surface area contributed by atoms with Crippen LogP contribution in [-0.2, 0) is 0 Å². The van der Waals surface area contributed by atoms with Gasteiger partial charge in [0, 0.05) is 17.1 Å². The average molecular weight is 237 g/mol. The van der Waals surface area contributed by atoms with Gasteiger partial charge in [0.1, 0.15) is 0 Å². The van der Waals surface area contributed by atoms with E-state index in [2.05, 4.69) is 52.1 Å². The summed E-state index contributed by atoms with van der Waals surface area (Å²) in [5.74, 6) is 0. The Morgan fingerprint density at radius 2 is 1.71 bits per heavy atom. The molecule has 0 amide bonds. The van der Waals surface area contributed by atoms with Gasteiger partial charge in [-0.25, -0.2) is 0 Å². The second kappa shape index (κ2) is 4.52. The Morgan fingerprint density at radius 1 is 0.824 bits per heavy atom. The van der Waals surface area contributed by atoms with E-state index in [0.29, 0.717) is 0 Å². The lowest BCUT2D eigenvalue weighted by Crippen LogP contribution is -1.83. The molecule has 17 heavy (non-hydrogen) atoms. The van der Waals surface area contributed by atoms with Crippen molar-refractivity contribution in [3.8, 4) is 22.4 Å². The van der Waals surface area contributed by atoms with Crippen LogP contribution in [0.3, 0.4) is 0 Å². The van der Waals surface area contributed by atoms with E-state index >= 15 is 0 Å². The summed E-state index contributed by atoms with van der Waals surface area (Å²) in [4.78, 5) is 4.41. The van der Waals surface area contributed by atoms with Gasteiger partial charge in [-0.1, -0.05) is 30.3 Å². The van der Waals surface area contributed by atoms with Crippen molar-refractivity contribution in [2.45, 2.75) is 0 Å². The molecule has 3 aromatic rings. The van der Waals surface area contributed by atoms with Crippen molar-refractivity contribution in [2.75, 3.05) is 0 Å². The number of hydrogen-bond donors (Lipinski definition) is 0. The van der Waals surface area contributed by atoms with E-state index in [-0.39, 0.29) is 0 Å². The van der Waals surface area contributed by atoms with Gasteiger partial charge < -0.3 is 0 Å². The Kier molecular flexibility index (Phi) is 2.72. The minimum absolute atomic E-state index is 1.03. The first kappa shape index (κ1) is 10.2. The molecular weight excluding hydrogens is 226 g/mol. The SMILES string of the molecule is c1ccc(-c2ccnc(-c3ccsc3)c2)cc1. The van der Waals surface area contributed by atoms with E-state index in [1.165, 1.54) is 16.7 Å².